The maximum atomic E-state index is 11.5. The van der Waals surface area contributed by atoms with Gasteiger partial charge in [0.05, 0.1) is 8.95 Å². The summed E-state index contributed by atoms with van der Waals surface area (Å²) in [6.45, 7) is 1.99. The highest BCUT2D eigenvalue weighted by Crippen LogP contribution is 2.41. The summed E-state index contributed by atoms with van der Waals surface area (Å²) < 4.78 is 7.19. The third-order valence-corrected chi connectivity index (χ3v) is 5.14. The number of hydrogen-bond acceptors (Lipinski definition) is 5. The summed E-state index contributed by atoms with van der Waals surface area (Å²) in [6.07, 6.45) is 0.759. The van der Waals surface area contributed by atoms with Crippen LogP contribution < -0.4 is 10.1 Å². The van der Waals surface area contributed by atoms with Crippen LogP contribution in [0.2, 0.25) is 0 Å². The number of phenols is 1. The highest BCUT2D eigenvalue weighted by molar-refractivity contribution is 9.11. The van der Waals surface area contributed by atoms with Crippen molar-refractivity contribution in [1.29, 1.82) is 0 Å². The Morgan fingerprint density at radius 3 is 2.48 bits per heavy atom. The van der Waals surface area contributed by atoms with Crippen LogP contribution in [0.3, 0.4) is 0 Å². The molecule has 3 aromatic carbocycles. The molecule has 1 amide bonds. The minimum atomic E-state index is -0.568. The number of carbonyl (C=O) groups excluding carboxylic acids is 1. The molecule has 0 aliphatic heterocycles. The molecule has 0 radical (unpaired) electrons. The fraction of sp³-hybridized carbons (Fsp3) is 0.0476. The van der Waals surface area contributed by atoms with Crippen LogP contribution in [0, 0.1) is 6.92 Å². The van der Waals surface area contributed by atoms with Gasteiger partial charge in [-0.05, 0) is 74.7 Å². The fourth-order valence-corrected chi connectivity index (χ4v) is 4.05. The van der Waals surface area contributed by atoms with E-state index >= 15 is 0 Å². The maximum absolute atomic E-state index is 11.5. The van der Waals surface area contributed by atoms with Gasteiger partial charge in [0.2, 0.25) is 0 Å². The lowest BCUT2D eigenvalue weighted by Gasteiger charge is -2.14. The first-order valence-electron chi connectivity index (χ1n) is 8.42. The predicted molar refractivity (Wildman–Crippen MR) is 119 cm³/mol. The molecule has 6 nitrogen and oxygen atoms in total. The fourth-order valence-electron chi connectivity index (χ4n) is 2.70. The van der Waals surface area contributed by atoms with Crippen LogP contribution in [0.4, 0.5) is 5.69 Å². The summed E-state index contributed by atoms with van der Waals surface area (Å²) in [5.41, 5.74) is 3.11. The number of rotatable bonds is 5. The van der Waals surface area contributed by atoms with Crippen LogP contribution in [0.15, 0.2) is 68.7 Å². The third-order valence-electron chi connectivity index (χ3n) is 3.96. The van der Waals surface area contributed by atoms with Gasteiger partial charge in [-0.15, -0.1) is 0 Å². The number of carbonyl (C=O) groups is 1. The molecule has 3 aromatic rings. The molecule has 148 valence electrons. The van der Waals surface area contributed by atoms with Gasteiger partial charge in [0.1, 0.15) is 17.7 Å². The van der Waals surface area contributed by atoms with E-state index in [2.05, 4.69) is 42.3 Å². The molecule has 3 N–H and O–H groups in total. The van der Waals surface area contributed by atoms with E-state index in [4.69, 9.17) is 9.94 Å². The number of benzene rings is 3. The zero-order valence-electron chi connectivity index (χ0n) is 15.2. The second-order valence-electron chi connectivity index (χ2n) is 6.15. The van der Waals surface area contributed by atoms with Crippen molar-refractivity contribution in [3.05, 3.63) is 69.1 Å². The van der Waals surface area contributed by atoms with Crippen molar-refractivity contribution in [2.24, 2.45) is 5.16 Å². The Bertz CT molecular complexity index is 1080. The topological polar surface area (TPSA) is 91.2 Å². The molecule has 3 rings (SSSR count). The molecule has 0 bridgehead atoms. The molecular weight excluding hydrogens is 504 g/mol. The van der Waals surface area contributed by atoms with Crippen LogP contribution in [0.5, 0.6) is 17.2 Å². The zero-order valence-corrected chi connectivity index (χ0v) is 18.4. The number of ether oxygens (including phenoxy) is 1. The number of aromatic hydroxyl groups is 1. The Labute approximate surface area is 184 Å². The van der Waals surface area contributed by atoms with Gasteiger partial charge in [0.25, 0.3) is 5.91 Å². The molecule has 0 fully saturated rings. The molecule has 0 atom stereocenters. The van der Waals surface area contributed by atoms with Crippen molar-refractivity contribution in [2.75, 3.05) is 5.32 Å². The van der Waals surface area contributed by atoms with Crippen molar-refractivity contribution in [3.8, 4) is 28.4 Å². The average Bonchev–Trinajstić information content (AvgIpc) is 2.66. The van der Waals surface area contributed by atoms with E-state index in [1.807, 2.05) is 31.2 Å². The number of nitrogens with zero attached hydrogens (tertiary/aromatic N) is 1. The van der Waals surface area contributed by atoms with E-state index in [1.54, 1.807) is 30.3 Å². The first-order valence-corrected chi connectivity index (χ1v) is 10.0. The van der Waals surface area contributed by atoms with Gasteiger partial charge in [-0.2, -0.15) is 0 Å². The van der Waals surface area contributed by atoms with Gasteiger partial charge in [-0.25, -0.2) is 0 Å². The van der Waals surface area contributed by atoms with Crippen molar-refractivity contribution in [3.63, 3.8) is 0 Å². The summed E-state index contributed by atoms with van der Waals surface area (Å²) >= 11 is 6.87. The standard InChI is InChI=1S/C21H16Br2N2O4/c1-12-3-2-4-13(7-12)16-10-15(5-6-19(16)26)29-21-17(22)8-14(9-18(21)23)25-20(27)11-24-28/h2-11,26,28H,1H3,(H,25,27)/b24-11+. The minimum Gasteiger partial charge on any atom is -0.507 e. The van der Waals surface area contributed by atoms with Crippen molar-refractivity contribution < 1.29 is 19.8 Å². The van der Waals surface area contributed by atoms with E-state index in [9.17, 15) is 9.90 Å². The summed E-state index contributed by atoms with van der Waals surface area (Å²) in [7, 11) is 0. The first kappa shape index (κ1) is 20.9. The van der Waals surface area contributed by atoms with Gasteiger partial charge in [-0.1, -0.05) is 35.0 Å². The number of oxime groups is 1. The first-order chi connectivity index (χ1) is 13.9. The normalized spacial score (nSPS) is 10.9. The SMILES string of the molecule is Cc1cccc(-c2cc(Oc3c(Br)cc(NC(=O)/C=N/O)cc3Br)ccc2O)c1. The van der Waals surface area contributed by atoms with Gasteiger partial charge < -0.3 is 20.4 Å². The highest BCUT2D eigenvalue weighted by Gasteiger charge is 2.13. The Hall–Kier alpha value is -2.84. The van der Waals surface area contributed by atoms with E-state index in [0.717, 1.165) is 17.3 Å². The zero-order chi connectivity index (χ0) is 21.0. The lowest BCUT2D eigenvalue weighted by molar-refractivity contribution is -0.110. The molecule has 0 aliphatic rings. The molecule has 0 heterocycles. The van der Waals surface area contributed by atoms with Crippen LogP contribution in [0.25, 0.3) is 11.1 Å². The van der Waals surface area contributed by atoms with Gasteiger partial charge >= 0.3 is 0 Å². The Morgan fingerprint density at radius 2 is 1.83 bits per heavy atom. The summed E-state index contributed by atoms with van der Waals surface area (Å²) in [5, 5.41) is 24.0. The average molecular weight is 520 g/mol. The number of aryl methyl sites for hydroxylation is 1. The summed E-state index contributed by atoms with van der Waals surface area (Å²) in [5.74, 6) is 0.621. The maximum Gasteiger partial charge on any atom is 0.270 e. The van der Waals surface area contributed by atoms with Gasteiger partial charge in [0, 0.05) is 11.3 Å². The van der Waals surface area contributed by atoms with Crippen LogP contribution in [-0.2, 0) is 4.79 Å². The quantitative estimate of drug-likeness (QED) is 0.216. The Kier molecular flexibility index (Phi) is 6.56. The molecular formula is C21H16Br2N2O4. The molecule has 8 heteroatoms. The highest BCUT2D eigenvalue weighted by atomic mass is 79.9. The van der Waals surface area contributed by atoms with Crippen LogP contribution >= 0.6 is 31.9 Å². The molecule has 0 saturated heterocycles. The van der Waals surface area contributed by atoms with Crippen molar-refractivity contribution >= 4 is 49.7 Å². The predicted octanol–water partition coefficient (Wildman–Crippen LogP) is 6.08. The smallest absolute Gasteiger partial charge is 0.270 e. The molecule has 0 aliphatic carbocycles. The van der Waals surface area contributed by atoms with E-state index in [1.165, 1.54) is 0 Å². The molecule has 0 spiro atoms. The molecule has 0 unspecified atom stereocenters. The molecule has 29 heavy (non-hydrogen) atoms. The third kappa shape index (κ3) is 5.16. The van der Waals surface area contributed by atoms with E-state index < -0.39 is 5.91 Å². The summed E-state index contributed by atoms with van der Waals surface area (Å²) in [6, 6.07) is 16.1. The van der Waals surface area contributed by atoms with Gasteiger partial charge in [0.15, 0.2) is 5.75 Å². The lowest BCUT2D eigenvalue weighted by atomic mass is 10.0. The number of anilines is 1. The number of nitrogens with one attached hydrogen (secondary N) is 1. The number of phenolic OH excluding ortho intramolecular Hbond substituents is 1. The second kappa shape index (κ2) is 9.11. The number of amides is 1. The molecule has 0 saturated carbocycles. The minimum absolute atomic E-state index is 0.157. The van der Waals surface area contributed by atoms with E-state index in [-0.39, 0.29) is 5.75 Å². The number of hydrogen-bond donors (Lipinski definition) is 3. The monoisotopic (exact) mass is 518 g/mol. The summed E-state index contributed by atoms with van der Waals surface area (Å²) in [4.78, 5) is 11.5. The van der Waals surface area contributed by atoms with Gasteiger partial charge in [-0.3, -0.25) is 4.79 Å². The van der Waals surface area contributed by atoms with Crippen LogP contribution in [0.1, 0.15) is 5.56 Å². The largest absolute Gasteiger partial charge is 0.507 e. The lowest BCUT2D eigenvalue weighted by Crippen LogP contribution is -2.12. The Morgan fingerprint density at radius 1 is 1.10 bits per heavy atom. The van der Waals surface area contributed by atoms with Crippen molar-refractivity contribution in [1.82, 2.24) is 0 Å². The molecule has 0 aromatic heterocycles. The van der Waals surface area contributed by atoms with E-state index in [0.29, 0.717) is 31.7 Å². The Balaban J connectivity index is 1.90. The van der Waals surface area contributed by atoms with Crippen molar-refractivity contribution in [2.45, 2.75) is 6.92 Å². The van der Waals surface area contributed by atoms with Crippen LogP contribution in [-0.4, -0.2) is 22.4 Å². The number of halogens is 2. The second-order valence-corrected chi connectivity index (χ2v) is 7.86.